The van der Waals surface area contributed by atoms with Gasteiger partial charge in [-0.15, -0.1) is 0 Å². The molecule has 50 heavy (non-hydrogen) atoms. The molecule has 0 radical (unpaired) electrons. The van der Waals surface area contributed by atoms with Crippen LogP contribution in [0.2, 0.25) is 0 Å². The summed E-state index contributed by atoms with van der Waals surface area (Å²) in [5.41, 5.74) is 19.9. The van der Waals surface area contributed by atoms with Crippen LogP contribution >= 0.6 is 0 Å². The van der Waals surface area contributed by atoms with E-state index >= 15 is 0 Å². The molecule has 0 spiro atoms. The first-order valence-corrected chi connectivity index (χ1v) is 16.7. The average molecular weight is 648 g/mol. The SMILES string of the molecule is C=C/C=C(\C=C)C(/C=C(\C=C)c1ccccc1)Nc1ccccc1-c1cc(-c2ccc(Nc3ccccc3)c(-c3ccccc3)c2)ccc1N. The molecule has 6 aromatic rings. The Hall–Kier alpha value is -6.58. The summed E-state index contributed by atoms with van der Waals surface area (Å²) in [6.45, 7) is 12.2. The maximum Gasteiger partial charge on any atom is 0.0706 e. The summed E-state index contributed by atoms with van der Waals surface area (Å²) in [5.74, 6) is 0. The summed E-state index contributed by atoms with van der Waals surface area (Å²) in [6.07, 6.45) is 9.68. The highest BCUT2D eigenvalue weighted by molar-refractivity contribution is 5.91. The highest BCUT2D eigenvalue weighted by atomic mass is 14.9. The minimum Gasteiger partial charge on any atom is -0.398 e. The molecule has 244 valence electrons. The van der Waals surface area contributed by atoms with Crippen molar-refractivity contribution in [3.05, 3.63) is 213 Å². The van der Waals surface area contributed by atoms with Crippen molar-refractivity contribution in [3.63, 3.8) is 0 Å². The molecule has 0 aromatic heterocycles. The number of nitrogens with one attached hydrogen (secondary N) is 2. The van der Waals surface area contributed by atoms with E-state index in [4.69, 9.17) is 5.73 Å². The van der Waals surface area contributed by atoms with E-state index in [0.717, 1.165) is 67.2 Å². The lowest BCUT2D eigenvalue weighted by atomic mass is 9.93. The molecule has 0 aliphatic carbocycles. The van der Waals surface area contributed by atoms with E-state index < -0.39 is 0 Å². The quantitative estimate of drug-likeness (QED) is 0.0863. The van der Waals surface area contributed by atoms with Gasteiger partial charge in [0.25, 0.3) is 0 Å². The van der Waals surface area contributed by atoms with Crippen LogP contribution in [0, 0.1) is 0 Å². The fraction of sp³-hybridized carbons (Fsp3) is 0.0213. The maximum atomic E-state index is 6.74. The molecule has 0 fully saturated rings. The van der Waals surface area contributed by atoms with Crippen molar-refractivity contribution in [1.82, 2.24) is 0 Å². The first-order chi connectivity index (χ1) is 24.6. The van der Waals surface area contributed by atoms with E-state index in [1.165, 1.54) is 0 Å². The van der Waals surface area contributed by atoms with Crippen LogP contribution in [-0.4, -0.2) is 6.04 Å². The number of rotatable bonds is 13. The molecule has 6 rings (SSSR count). The molecule has 0 aliphatic rings. The van der Waals surface area contributed by atoms with Crippen molar-refractivity contribution in [1.29, 1.82) is 0 Å². The van der Waals surface area contributed by atoms with E-state index in [9.17, 15) is 0 Å². The van der Waals surface area contributed by atoms with Crippen molar-refractivity contribution in [2.24, 2.45) is 0 Å². The van der Waals surface area contributed by atoms with Crippen LogP contribution in [0.5, 0.6) is 0 Å². The standard InChI is InChI=1S/C47H41N3/c1-4-18-34(5-2)47(33-35(6-3)36-19-10-7-11-20-36)50-45-26-17-16-25-41(45)43-32-38(27-29-44(43)48)39-28-30-46(49-40-23-14-9-15-24-40)42(31-39)37-21-12-8-13-22-37/h4-33,47,49-50H,1-3,48H2/b34-18+,35-33+. The molecule has 0 bridgehead atoms. The third kappa shape index (κ3) is 7.75. The second kappa shape index (κ2) is 16.0. The van der Waals surface area contributed by atoms with Gasteiger partial charge >= 0.3 is 0 Å². The first-order valence-electron chi connectivity index (χ1n) is 16.7. The Labute approximate surface area is 296 Å². The predicted molar refractivity (Wildman–Crippen MR) is 217 cm³/mol. The van der Waals surface area contributed by atoms with Gasteiger partial charge in [0.2, 0.25) is 0 Å². The van der Waals surface area contributed by atoms with Crippen molar-refractivity contribution in [3.8, 4) is 33.4 Å². The first kappa shape index (κ1) is 33.3. The van der Waals surface area contributed by atoms with Gasteiger partial charge in [0, 0.05) is 39.4 Å². The van der Waals surface area contributed by atoms with E-state index in [1.54, 1.807) is 6.08 Å². The van der Waals surface area contributed by atoms with Gasteiger partial charge in [0.05, 0.1) is 6.04 Å². The van der Waals surface area contributed by atoms with Crippen LogP contribution in [0.15, 0.2) is 207 Å². The summed E-state index contributed by atoms with van der Waals surface area (Å²) in [6, 6.07) is 51.9. The van der Waals surface area contributed by atoms with Crippen molar-refractivity contribution in [2.45, 2.75) is 6.04 Å². The number of benzene rings is 6. The lowest BCUT2D eigenvalue weighted by Gasteiger charge is -2.22. The number of anilines is 4. The van der Waals surface area contributed by atoms with Gasteiger partial charge in [-0.3, -0.25) is 0 Å². The Balaban J connectivity index is 1.41. The molecule has 0 aliphatic heterocycles. The van der Waals surface area contributed by atoms with Gasteiger partial charge in [-0.1, -0.05) is 159 Å². The number of hydrogen-bond acceptors (Lipinski definition) is 3. The molecule has 0 amide bonds. The average Bonchev–Trinajstić information content (AvgIpc) is 3.17. The number of allylic oxidation sites excluding steroid dienone is 4. The predicted octanol–water partition coefficient (Wildman–Crippen LogP) is 12.4. The van der Waals surface area contributed by atoms with E-state index in [0.29, 0.717) is 5.69 Å². The molecule has 3 nitrogen and oxygen atoms in total. The van der Waals surface area contributed by atoms with Crippen molar-refractivity contribution in [2.75, 3.05) is 16.4 Å². The maximum absolute atomic E-state index is 6.74. The zero-order chi connectivity index (χ0) is 34.7. The number of hydrogen-bond donors (Lipinski definition) is 3. The lowest BCUT2D eigenvalue weighted by molar-refractivity contribution is 1.06. The van der Waals surface area contributed by atoms with Crippen LogP contribution in [0.3, 0.4) is 0 Å². The Morgan fingerprint density at radius 2 is 1.18 bits per heavy atom. The van der Waals surface area contributed by atoms with Gasteiger partial charge in [-0.25, -0.2) is 0 Å². The minimum absolute atomic E-state index is 0.220. The van der Waals surface area contributed by atoms with Crippen LogP contribution in [-0.2, 0) is 0 Å². The summed E-state index contributed by atoms with van der Waals surface area (Å²) in [4.78, 5) is 0. The van der Waals surface area contributed by atoms with Crippen molar-refractivity contribution >= 4 is 28.3 Å². The highest BCUT2D eigenvalue weighted by Crippen LogP contribution is 2.39. The Morgan fingerprint density at radius 1 is 0.560 bits per heavy atom. The normalized spacial score (nSPS) is 12.1. The Bertz CT molecular complexity index is 2160. The fourth-order valence-electron chi connectivity index (χ4n) is 6.10. The van der Waals surface area contributed by atoms with Gasteiger partial charge in [0.15, 0.2) is 0 Å². The zero-order valence-electron chi connectivity index (χ0n) is 28.1. The second-order valence-corrected chi connectivity index (χ2v) is 11.9. The van der Waals surface area contributed by atoms with E-state index in [-0.39, 0.29) is 6.04 Å². The molecular formula is C47H41N3. The monoisotopic (exact) mass is 647 g/mol. The minimum atomic E-state index is -0.220. The van der Waals surface area contributed by atoms with Gasteiger partial charge in [-0.2, -0.15) is 0 Å². The number of nitrogen functional groups attached to an aromatic ring is 1. The molecule has 6 aromatic carbocycles. The molecule has 0 saturated carbocycles. The molecular weight excluding hydrogens is 607 g/mol. The number of para-hydroxylation sites is 2. The number of nitrogens with two attached hydrogens (primary N) is 1. The highest BCUT2D eigenvalue weighted by Gasteiger charge is 2.16. The third-order valence-electron chi connectivity index (χ3n) is 8.65. The summed E-state index contributed by atoms with van der Waals surface area (Å²) in [5, 5.41) is 7.40. The zero-order valence-corrected chi connectivity index (χ0v) is 28.1. The summed E-state index contributed by atoms with van der Waals surface area (Å²) < 4.78 is 0. The molecule has 1 unspecified atom stereocenters. The molecule has 0 saturated heterocycles. The van der Waals surface area contributed by atoms with Crippen LogP contribution in [0.4, 0.5) is 22.7 Å². The van der Waals surface area contributed by atoms with Crippen molar-refractivity contribution < 1.29 is 0 Å². The smallest absolute Gasteiger partial charge is 0.0706 e. The fourth-order valence-corrected chi connectivity index (χ4v) is 6.10. The second-order valence-electron chi connectivity index (χ2n) is 11.9. The van der Waals surface area contributed by atoms with E-state index in [1.807, 2.05) is 78.9 Å². The molecule has 3 heteroatoms. The summed E-state index contributed by atoms with van der Waals surface area (Å²) in [7, 11) is 0. The van der Waals surface area contributed by atoms with E-state index in [2.05, 4.69) is 127 Å². The summed E-state index contributed by atoms with van der Waals surface area (Å²) >= 11 is 0. The lowest BCUT2D eigenvalue weighted by Crippen LogP contribution is -2.20. The third-order valence-corrected chi connectivity index (χ3v) is 8.65. The Morgan fingerprint density at radius 3 is 1.86 bits per heavy atom. The largest absolute Gasteiger partial charge is 0.398 e. The molecule has 4 N–H and O–H groups in total. The topological polar surface area (TPSA) is 50.1 Å². The van der Waals surface area contributed by atoms with Gasteiger partial charge in [0.1, 0.15) is 0 Å². The van der Waals surface area contributed by atoms with Crippen LogP contribution in [0.25, 0.3) is 39.0 Å². The van der Waals surface area contributed by atoms with Gasteiger partial charge < -0.3 is 16.4 Å². The molecule has 1 atom stereocenters. The van der Waals surface area contributed by atoms with Crippen LogP contribution in [0.1, 0.15) is 5.56 Å². The molecule has 0 heterocycles. The van der Waals surface area contributed by atoms with Gasteiger partial charge in [-0.05, 0) is 75.9 Å². The Kier molecular flexibility index (Phi) is 10.7. The van der Waals surface area contributed by atoms with Crippen LogP contribution < -0.4 is 16.4 Å².